The maximum atomic E-state index is 13.5. The Kier molecular flexibility index (Phi) is 5.93. The zero-order valence-electron chi connectivity index (χ0n) is 18.4. The molecular formula is C23H28N4O4. The topological polar surface area (TPSA) is 80.8 Å². The lowest BCUT2D eigenvalue weighted by atomic mass is 9.98. The van der Waals surface area contributed by atoms with Crippen LogP contribution in [0.25, 0.3) is 11.0 Å². The second kappa shape index (κ2) is 8.64. The van der Waals surface area contributed by atoms with Crippen molar-refractivity contribution in [3.05, 3.63) is 63.8 Å². The van der Waals surface area contributed by atoms with E-state index in [0.717, 1.165) is 16.5 Å². The zero-order valence-corrected chi connectivity index (χ0v) is 18.4. The molecule has 8 heteroatoms. The van der Waals surface area contributed by atoms with Crippen LogP contribution in [0.3, 0.4) is 0 Å². The van der Waals surface area contributed by atoms with Gasteiger partial charge in [-0.1, -0.05) is 12.1 Å². The summed E-state index contributed by atoms with van der Waals surface area (Å²) in [6.45, 7) is 3.58. The molecule has 3 aromatic rings. The molecule has 2 atom stereocenters. The number of hydrogen-bond donors (Lipinski definition) is 0. The van der Waals surface area contributed by atoms with Crippen molar-refractivity contribution in [2.45, 2.75) is 25.5 Å². The van der Waals surface area contributed by atoms with Gasteiger partial charge in [0.25, 0.3) is 0 Å². The number of carbonyl (C=O) groups is 1. The number of rotatable bonds is 5. The van der Waals surface area contributed by atoms with E-state index in [-0.39, 0.29) is 24.5 Å². The monoisotopic (exact) mass is 424 g/mol. The Morgan fingerprint density at radius 1 is 1.29 bits per heavy atom. The van der Waals surface area contributed by atoms with Gasteiger partial charge in [-0.3, -0.25) is 9.48 Å². The summed E-state index contributed by atoms with van der Waals surface area (Å²) in [5.74, 6) is -0.0478. The number of carbonyl (C=O) groups excluding carboxylic acids is 1. The van der Waals surface area contributed by atoms with E-state index in [1.165, 1.54) is 6.07 Å². The minimum absolute atomic E-state index is 0.0478. The lowest BCUT2D eigenvalue weighted by Crippen LogP contribution is -2.51. The number of amides is 1. The summed E-state index contributed by atoms with van der Waals surface area (Å²) in [6.07, 6.45) is 3.67. The molecule has 0 N–H and O–H groups in total. The van der Waals surface area contributed by atoms with Crippen molar-refractivity contribution in [1.29, 1.82) is 0 Å². The van der Waals surface area contributed by atoms with Crippen molar-refractivity contribution >= 4 is 16.9 Å². The quantitative estimate of drug-likeness (QED) is 0.582. The summed E-state index contributed by atoms with van der Waals surface area (Å²) in [7, 11) is 5.83. The fraction of sp³-hybridized carbons (Fsp3) is 0.435. The average Bonchev–Trinajstić information content (AvgIpc) is 3.12. The number of benzene rings is 1. The van der Waals surface area contributed by atoms with Crippen LogP contribution in [0.1, 0.15) is 22.7 Å². The molecule has 8 nitrogen and oxygen atoms in total. The Labute approximate surface area is 181 Å². The zero-order chi connectivity index (χ0) is 22.1. The third-order valence-electron chi connectivity index (χ3n) is 5.61. The summed E-state index contributed by atoms with van der Waals surface area (Å²) in [5.41, 5.74) is 2.67. The van der Waals surface area contributed by atoms with Crippen molar-refractivity contribution in [3.63, 3.8) is 0 Å². The third-order valence-corrected chi connectivity index (χ3v) is 5.61. The highest BCUT2D eigenvalue weighted by molar-refractivity contribution is 5.87. The number of fused-ring (bicyclic) bond motifs is 1. The number of morpholine rings is 1. The fourth-order valence-corrected chi connectivity index (χ4v) is 4.26. The molecule has 1 aromatic carbocycles. The lowest BCUT2D eigenvalue weighted by Gasteiger charge is -2.42. The molecule has 0 spiro atoms. The van der Waals surface area contributed by atoms with Gasteiger partial charge in [0.2, 0.25) is 5.91 Å². The lowest BCUT2D eigenvalue weighted by molar-refractivity contribution is -0.147. The molecule has 0 unspecified atom stereocenters. The van der Waals surface area contributed by atoms with E-state index in [0.29, 0.717) is 30.8 Å². The van der Waals surface area contributed by atoms with Crippen molar-refractivity contribution in [2.75, 3.05) is 33.8 Å². The normalized spacial score (nSPS) is 19.3. The number of aromatic nitrogens is 2. The molecule has 0 saturated carbocycles. The molecular weight excluding hydrogens is 396 g/mol. The molecule has 0 radical (unpaired) electrons. The third kappa shape index (κ3) is 4.55. The fourth-order valence-electron chi connectivity index (χ4n) is 4.26. The highest BCUT2D eigenvalue weighted by Crippen LogP contribution is 2.31. The Bertz CT molecular complexity index is 1150. The predicted molar refractivity (Wildman–Crippen MR) is 117 cm³/mol. The van der Waals surface area contributed by atoms with Gasteiger partial charge in [0.05, 0.1) is 31.4 Å². The number of aryl methyl sites for hydroxylation is 2. The van der Waals surface area contributed by atoms with Gasteiger partial charge in [0.15, 0.2) is 0 Å². The van der Waals surface area contributed by atoms with E-state index >= 15 is 0 Å². The summed E-state index contributed by atoms with van der Waals surface area (Å²) >= 11 is 0. The van der Waals surface area contributed by atoms with Crippen LogP contribution in [0.5, 0.6) is 0 Å². The molecule has 1 aliphatic rings. The van der Waals surface area contributed by atoms with Crippen LogP contribution in [0, 0.1) is 6.92 Å². The van der Waals surface area contributed by atoms with Crippen molar-refractivity contribution in [2.24, 2.45) is 7.05 Å². The molecule has 1 aliphatic heterocycles. The van der Waals surface area contributed by atoms with Crippen molar-refractivity contribution in [1.82, 2.24) is 19.6 Å². The first-order valence-corrected chi connectivity index (χ1v) is 10.4. The van der Waals surface area contributed by atoms with Crippen LogP contribution in [-0.4, -0.2) is 65.4 Å². The smallest absolute Gasteiger partial charge is 0.336 e. The largest absolute Gasteiger partial charge is 0.423 e. The van der Waals surface area contributed by atoms with Crippen LogP contribution >= 0.6 is 0 Å². The maximum Gasteiger partial charge on any atom is 0.336 e. The predicted octanol–water partition coefficient (Wildman–Crippen LogP) is 1.91. The SMILES string of the molecule is Cc1ccc2c(CC(=O)N3CCO[C@@H](CN(C)C)[C@@H]3c3cnn(C)c3)cc(=O)oc2c1. The Hall–Kier alpha value is -2.97. The number of likely N-dealkylation sites (N-methyl/N-ethyl adjacent to an activating group) is 1. The van der Waals surface area contributed by atoms with Crippen LogP contribution in [0.4, 0.5) is 0 Å². The first kappa shape index (κ1) is 21.3. The van der Waals surface area contributed by atoms with E-state index in [4.69, 9.17) is 9.15 Å². The minimum Gasteiger partial charge on any atom is -0.423 e. The van der Waals surface area contributed by atoms with Crippen molar-refractivity contribution in [3.8, 4) is 0 Å². The van der Waals surface area contributed by atoms with Gasteiger partial charge in [0, 0.05) is 43.4 Å². The van der Waals surface area contributed by atoms with Crippen LogP contribution in [0.2, 0.25) is 0 Å². The molecule has 0 bridgehead atoms. The van der Waals surface area contributed by atoms with E-state index in [2.05, 4.69) is 10.00 Å². The highest BCUT2D eigenvalue weighted by Gasteiger charge is 2.37. The van der Waals surface area contributed by atoms with Crippen molar-refractivity contribution < 1.29 is 13.9 Å². The Morgan fingerprint density at radius 3 is 2.81 bits per heavy atom. The van der Waals surface area contributed by atoms with E-state index in [1.54, 1.807) is 10.9 Å². The van der Waals surface area contributed by atoms with Gasteiger partial charge in [-0.2, -0.15) is 5.10 Å². The molecule has 1 fully saturated rings. The number of ether oxygens (including phenoxy) is 1. The minimum atomic E-state index is -0.447. The summed E-state index contributed by atoms with van der Waals surface area (Å²) in [4.78, 5) is 29.5. The summed E-state index contributed by atoms with van der Waals surface area (Å²) in [6, 6.07) is 6.86. The first-order valence-electron chi connectivity index (χ1n) is 10.4. The standard InChI is InChI=1S/C23H28N4O4/c1-15-5-6-18-16(11-22(29)31-19(18)9-15)10-21(28)27-7-8-30-20(14-25(2)3)23(27)17-12-24-26(4)13-17/h5-6,9,11-13,20,23H,7-8,10,14H2,1-4H3/t20-,23-/m0/s1. The van der Waals surface area contributed by atoms with Gasteiger partial charge in [-0.05, 0) is 38.2 Å². The Balaban J connectivity index is 1.68. The summed E-state index contributed by atoms with van der Waals surface area (Å²) in [5, 5.41) is 5.09. The summed E-state index contributed by atoms with van der Waals surface area (Å²) < 4.78 is 13.1. The maximum absolute atomic E-state index is 13.5. The number of hydrogen-bond acceptors (Lipinski definition) is 6. The van der Waals surface area contributed by atoms with Gasteiger partial charge in [-0.25, -0.2) is 4.79 Å². The molecule has 1 saturated heterocycles. The van der Waals surface area contributed by atoms with Gasteiger partial charge >= 0.3 is 5.63 Å². The molecule has 3 heterocycles. The van der Waals surface area contributed by atoms with E-state index in [9.17, 15) is 9.59 Å². The van der Waals surface area contributed by atoms with Gasteiger partial charge in [0.1, 0.15) is 5.58 Å². The second-order valence-electron chi connectivity index (χ2n) is 8.42. The molecule has 2 aromatic heterocycles. The molecule has 1 amide bonds. The van der Waals surface area contributed by atoms with Crippen LogP contribution in [-0.2, 0) is 23.0 Å². The number of nitrogens with zero attached hydrogens (tertiary/aromatic N) is 4. The highest BCUT2D eigenvalue weighted by atomic mass is 16.5. The van der Waals surface area contributed by atoms with Crippen LogP contribution < -0.4 is 5.63 Å². The Morgan fingerprint density at radius 2 is 2.10 bits per heavy atom. The molecule has 164 valence electrons. The molecule has 31 heavy (non-hydrogen) atoms. The van der Waals surface area contributed by atoms with Gasteiger partial charge in [-0.15, -0.1) is 0 Å². The second-order valence-corrected chi connectivity index (χ2v) is 8.42. The van der Waals surface area contributed by atoms with Crippen LogP contribution in [0.15, 0.2) is 45.9 Å². The molecule has 0 aliphatic carbocycles. The first-order chi connectivity index (χ1) is 14.8. The van der Waals surface area contributed by atoms with Gasteiger partial charge < -0.3 is 19.0 Å². The van der Waals surface area contributed by atoms with E-state index < -0.39 is 5.63 Å². The van der Waals surface area contributed by atoms with E-state index in [1.807, 2.05) is 57.4 Å². The molecule has 4 rings (SSSR count). The average molecular weight is 425 g/mol.